The van der Waals surface area contributed by atoms with Gasteiger partial charge in [0.25, 0.3) is 0 Å². The molecular formula is C18H31N. The summed E-state index contributed by atoms with van der Waals surface area (Å²) in [6.45, 7) is 17.0. The lowest BCUT2D eigenvalue weighted by Crippen LogP contribution is -2.25. The molecule has 0 saturated heterocycles. The largest absolute Gasteiger partial charge is 0.310 e. The molecular weight excluding hydrogens is 230 g/mol. The molecule has 108 valence electrons. The third-order valence-corrected chi connectivity index (χ3v) is 4.12. The van der Waals surface area contributed by atoms with Crippen LogP contribution in [0.1, 0.15) is 67.5 Å². The molecule has 1 unspecified atom stereocenters. The van der Waals surface area contributed by atoms with Crippen LogP contribution in [-0.2, 0) is 0 Å². The summed E-state index contributed by atoms with van der Waals surface area (Å²) in [5, 5.41) is 3.75. The fourth-order valence-electron chi connectivity index (χ4n) is 2.86. The fraction of sp³-hybridized carbons (Fsp3) is 0.667. The van der Waals surface area contributed by atoms with Gasteiger partial charge in [0.2, 0.25) is 0 Å². The number of hydrogen-bond donors (Lipinski definition) is 1. The van der Waals surface area contributed by atoms with E-state index >= 15 is 0 Å². The van der Waals surface area contributed by atoms with Crippen molar-refractivity contribution in [2.75, 3.05) is 6.54 Å². The lowest BCUT2D eigenvalue weighted by Gasteiger charge is -2.26. The van der Waals surface area contributed by atoms with Crippen LogP contribution in [0.4, 0.5) is 0 Å². The second-order valence-corrected chi connectivity index (χ2v) is 6.31. The Morgan fingerprint density at radius 3 is 1.95 bits per heavy atom. The van der Waals surface area contributed by atoms with Gasteiger partial charge in [0.15, 0.2) is 0 Å². The predicted octanol–water partition coefficient (Wildman–Crippen LogP) is 5.01. The van der Waals surface area contributed by atoms with Crippen molar-refractivity contribution >= 4 is 0 Å². The maximum Gasteiger partial charge on any atom is 0.0328 e. The Kier molecular flexibility index (Phi) is 6.06. The minimum Gasteiger partial charge on any atom is -0.310 e. The highest BCUT2D eigenvalue weighted by molar-refractivity contribution is 5.45. The quantitative estimate of drug-likeness (QED) is 0.759. The van der Waals surface area contributed by atoms with Gasteiger partial charge in [0, 0.05) is 6.04 Å². The molecule has 0 amide bonds. The summed E-state index contributed by atoms with van der Waals surface area (Å²) in [4.78, 5) is 0. The summed E-state index contributed by atoms with van der Waals surface area (Å²) in [5.74, 6) is 0.717. The average molecular weight is 261 g/mol. The van der Waals surface area contributed by atoms with Crippen LogP contribution in [0, 0.1) is 33.6 Å². The lowest BCUT2D eigenvalue weighted by atomic mass is 9.86. The number of hydrogen-bond acceptors (Lipinski definition) is 1. The van der Waals surface area contributed by atoms with Crippen molar-refractivity contribution in [3.63, 3.8) is 0 Å². The zero-order chi connectivity index (χ0) is 14.6. The van der Waals surface area contributed by atoms with Crippen molar-refractivity contribution in [1.82, 2.24) is 5.32 Å². The molecule has 0 bridgehead atoms. The van der Waals surface area contributed by atoms with Crippen molar-refractivity contribution in [2.45, 2.75) is 67.3 Å². The highest BCUT2D eigenvalue weighted by Gasteiger charge is 2.19. The van der Waals surface area contributed by atoms with E-state index in [1.807, 2.05) is 0 Å². The summed E-state index contributed by atoms with van der Waals surface area (Å²) in [5.41, 5.74) is 7.32. The SMILES string of the molecule is CCCNC(CC(C)C)c1c(C)c(C)cc(C)c1C. The summed E-state index contributed by atoms with van der Waals surface area (Å²) in [6, 6.07) is 2.82. The van der Waals surface area contributed by atoms with E-state index in [9.17, 15) is 0 Å². The first-order valence-corrected chi connectivity index (χ1v) is 7.69. The van der Waals surface area contributed by atoms with Crippen LogP contribution in [0.3, 0.4) is 0 Å². The van der Waals surface area contributed by atoms with Gasteiger partial charge in [0.1, 0.15) is 0 Å². The molecule has 0 aliphatic rings. The van der Waals surface area contributed by atoms with Gasteiger partial charge in [0.05, 0.1) is 0 Å². The molecule has 1 heteroatoms. The molecule has 1 atom stereocenters. The second kappa shape index (κ2) is 7.09. The molecule has 0 aliphatic carbocycles. The average Bonchev–Trinajstić information content (AvgIpc) is 2.33. The van der Waals surface area contributed by atoms with Crippen molar-refractivity contribution in [3.8, 4) is 0 Å². The van der Waals surface area contributed by atoms with Crippen LogP contribution in [-0.4, -0.2) is 6.54 Å². The Morgan fingerprint density at radius 2 is 1.53 bits per heavy atom. The maximum atomic E-state index is 3.75. The van der Waals surface area contributed by atoms with Crippen molar-refractivity contribution in [3.05, 3.63) is 33.9 Å². The zero-order valence-corrected chi connectivity index (χ0v) is 13.9. The normalized spacial score (nSPS) is 13.1. The van der Waals surface area contributed by atoms with Crippen LogP contribution in [0.2, 0.25) is 0 Å². The number of nitrogens with one attached hydrogen (secondary N) is 1. The molecule has 19 heavy (non-hydrogen) atoms. The highest BCUT2D eigenvalue weighted by Crippen LogP contribution is 2.31. The highest BCUT2D eigenvalue weighted by atomic mass is 14.9. The maximum absolute atomic E-state index is 3.75. The van der Waals surface area contributed by atoms with Crippen LogP contribution >= 0.6 is 0 Å². The topological polar surface area (TPSA) is 12.0 Å². The Labute approximate surface area is 119 Å². The van der Waals surface area contributed by atoms with E-state index in [4.69, 9.17) is 0 Å². The molecule has 0 heterocycles. The fourth-order valence-corrected chi connectivity index (χ4v) is 2.86. The van der Waals surface area contributed by atoms with Gasteiger partial charge >= 0.3 is 0 Å². The summed E-state index contributed by atoms with van der Waals surface area (Å²) >= 11 is 0. The summed E-state index contributed by atoms with van der Waals surface area (Å²) in [6.07, 6.45) is 2.40. The molecule has 0 aromatic heterocycles. The molecule has 1 N–H and O–H groups in total. The molecule has 1 rings (SSSR count). The van der Waals surface area contributed by atoms with Crippen molar-refractivity contribution in [2.24, 2.45) is 5.92 Å². The number of benzene rings is 1. The van der Waals surface area contributed by atoms with Gasteiger partial charge in [-0.2, -0.15) is 0 Å². The van der Waals surface area contributed by atoms with Gasteiger partial charge in [-0.25, -0.2) is 0 Å². The van der Waals surface area contributed by atoms with E-state index in [0.29, 0.717) is 12.0 Å². The van der Waals surface area contributed by atoms with Gasteiger partial charge in [-0.05, 0) is 80.8 Å². The molecule has 0 saturated carbocycles. The minimum absolute atomic E-state index is 0.499. The number of rotatable bonds is 6. The van der Waals surface area contributed by atoms with Crippen LogP contribution < -0.4 is 5.32 Å². The van der Waals surface area contributed by atoms with Crippen molar-refractivity contribution < 1.29 is 0 Å². The third kappa shape index (κ3) is 4.07. The Morgan fingerprint density at radius 1 is 1.00 bits per heavy atom. The monoisotopic (exact) mass is 261 g/mol. The predicted molar refractivity (Wildman–Crippen MR) is 85.9 cm³/mol. The molecule has 0 radical (unpaired) electrons. The Balaban J connectivity index is 3.20. The van der Waals surface area contributed by atoms with E-state index in [2.05, 4.69) is 59.8 Å². The molecule has 0 spiro atoms. The minimum atomic E-state index is 0.499. The van der Waals surface area contributed by atoms with Crippen LogP contribution in [0.15, 0.2) is 6.07 Å². The summed E-state index contributed by atoms with van der Waals surface area (Å²) < 4.78 is 0. The molecule has 1 aromatic rings. The van der Waals surface area contributed by atoms with E-state index in [0.717, 1.165) is 6.54 Å². The zero-order valence-electron chi connectivity index (χ0n) is 13.9. The first-order chi connectivity index (χ1) is 8.88. The first kappa shape index (κ1) is 16.2. The smallest absolute Gasteiger partial charge is 0.0328 e. The molecule has 0 aliphatic heterocycles. The van der Waals surface area contributed by atoms with Crippen LogP contribution in [0.25, 0.3) is 0 Å². The number of aryl methyl sites for hydroxylation is 2. The molecule has 1 nitrogen and oxygen atoms in total. The second-order valence-electron chi connectivity index (χ2n) is 6.31. The van der Waals surface area contributed by atoms with E-state index < -0.39 is 0 Å². The van der Waals surface area contributed by atoms with E-state index in [-0.39, 0.29) is 0 Å². The lowest BCUT2D eigenvalue weighted by molar-refractivity contribution is 0.427. The van der Waals surface area contributed by atoms with Crippen molar-refractivity contribution in [1.29, 1.82) is 0 Å². The van der Waals surface area contributed by atoms with Gasteiger partial charge in [-0.1, -0.05) is 26.8 Å². The van der Waals surface area contributed by atoms with Gasteiger partial charge in [-0.15, -0.1) is 0 Å². The molecule has 0 fully saturated rings. The van der Waals surface area contributed by atoms with E-state index in [1.165, 1.54) is 35.1 Å². The van der Waals surface area contributed by atoms with Crippen LogP contribution in [0.5, 0.6) is 0 Å². The van der Waals surface area contributed by atoms with Gasteiger partial charge in [-0.3, -0.25) is 0 Å². The molecule has 1 aromatic carbocycles. The van der Waals surface area contributed by atoms with Gasteiger partial charge < -0.3 is 5.32 Å². The Bertz CT molecular complexity index is 392. The first-order valence-electron chi connectivity index (χ1n) is 7.69. The standard InChI is InChI=1S/C18H31N/c1-8-9-19-17(10-12(2)3)18-15(6)13(4)11-14(5)16(18)7/h11-12,17,19H,8-10H2,1-7H3. The summed E-state index contributed by atoms with van der Waals surface area (Å²) in [7, 11) is 0. The van der Waals surface area contributed by atoms with E-state index in [1.54, 1.807) is 5.56 Å². The Hall–Kier alpha value is -0.820. The third-order valence-electron chi connectivity index (χ3n) is 4.12.